The molecule has 3 amide bonds. The first kappa shape index (κ1) is 22.3. The molecule has 4 N–H and O–H groups in total. The van der Waals surface area contributed by atoms with Gasteiger partial charge in [0.1, 0.15) is 4.90 Å². The normalized spacial score (nSPS) is 10.9. The van der Waals surface area contributed by atoms with Crippen molar-refractivity contribution < 1.29 is 27.5 Å². The number of hydrogen-bond donors (Lipinski definition) is 3. The summed E-state index contributed by atoms with van der Waals surface area (Å²) >= 11 is 5.74. The molecular formula is C18H18ClN3O6S. The predicted molar refractivity (Wildman–Crippen MR) is 106 cm³/mol. The molecular weight excluding hydrogens is 422 g/mol. The Bertz CT molecular complexity index is 1080. The summed E-state index contributed by atoms with van der Waals surface area (Å²) in [5, 5.41) is 9.34. The van der Waals surface area contributed by atoms with Gasteiger partial charge in [0.25, 0.3) is 5.91 Å². The molecule has 0 radical (unpaired) electrons. The second-order valence-electron chi connectivity index (χ2n) is 6.07. The summed E-state index contributed by atoms with van der Waals surface area (Å²) in [6.07, 6.45) is 0. The maximum atomic E-state index is 12.0. The molecule has 0 fully saturated rings. The van der Waals surface area contributed by atoms with Crippen molar-refractivity contribution in [2.75, 3.05) is 11.9 Å². The van der Waals surface area contributed by atoms with Crippen LogP contribution in [0.4, 0.5) is 10.5 Å². The molecule has 0 saturated heterocycles. The van der Waals surface area contributed by atoms with Gasteiger partial charge in [0, 0.05) is 5.69 Å². The molecule has 29 heavy (non-hydrogen) atoms. The number of esters is 1. The van der Waals surface area contributed by atoms with Gasteiger partial charge in [-0.15, -0.1) is 0 Å². The Morgan fingerprint density at radius 2 is 1.76 bits per heavy atom. The maximum absolute atomic E-state index is 12.0. The highest BCUT2D eigenvalue weighted by molar-refractivity contribution is 7.89. The Labute approximate surface area is 172 Å². The lowest BCUT2D eigenvalue weighted by atomic mass is 10.1. The first-order chi connectivity index (χ1) is 13.5. The third-order valence-electron chi connectivity index (χ3n) is 3.83. The Morgan fingerprint density at radius 1 is 1.07 bits per heavy atom. The van der Waals surface area contributed by atoms with Crippen molar-refractivity contribution in [2.45, 2.75) is 18.7 Å². The fraction of sp³-hybridized carbons (Fsp3) is 0.167. The molecule has 0 bridgehead atoms. The Hall–Kier alpha value is -2.95. The number of ether oxygens (including phenoxy) is 1. The van der Waals surface area contributed by atoms with Crippen LogP contribution in [0.25, 0.3) is 0 Å². The lowest BCUT2D eigenvalue weighted by Crippen LogP contribution is -2.37. The van der Waals surface area contributed by atoms with Crippen LogP contribution in [0.3, 0.4) is 0 Å². The number of halogens is 1. The summed E-state index contributed by atoms with van der Waals surface area (Å²) in [5.41, 5.74) is 2.33. The van der Waals surface area contributed by atoms with Crippen molar-refractivity contribution in [3.63, 3.8) is 0 Å². The lowest BCUT2D eigenvalue weighted by molar-refractivity contribution is -0.123. The SMILES string of the molecule is Cc1ccc(NC(=O)NC(=O)COC(=O)c2ccc(Cl)c(S(N)(=O)=O)c2)cc1C. The number of rotatable bonds is 5. The molecule has 2 aromatic carbocycles. The number of carbonyl (C=O) groups is 3. The highest BCUT2D eigenvalue weighted by Crippen LogP contribution is 2.21. The molecule has 0 atom stereocenters. The van der Waals surface area contributed by atoms with Gasteiger partial charge in [-0.1, -0.05) is 17.7 Å². The first-order valence-electron chi connectivity index (χ1n) is 8.15. The molecule has 11 heteroatoms. The number of primary sulfonamides is 1. The Kier molecular flexibility index (Phi) is 6.96. The molecule has 2 aromatic rings. The van der Waals surface area contributed by atoms with E-state index in [1.165, 1.54) is 6.07 Å². The second kappa shape index (κ2) is 9.03. The first-order valence-corrected chi connectivity index (χ1v) is 10.1. The minimum atomic E-state index is -4.14. The number of anilines is 1. The van der Waals surface area contributed by atoms with Crippen molar-refractivity contribution in [2.24, 2.45) is 5.14 Å². The van der Waals surface area contributed by atoms with Gasteiger partial charge in [0.2, 0.25) is 10.0 Å². The standard InChI is InChI=1S/C18H18ClN3O6S/c1-10-3-5-13(7-11(10)2)21-18(25)22-16(23)9-28-17(24)12-4-6-14(19)15(8-12)29(20,26)27/h3-8H,9H2,1-2H3,(H2,20,26,27)(H2,21,22,23,25). The van der Waals surface area contributed by atoms with Gasteiger partial charge in [-0.3, -0.25) is 10.1 Å². The molecule has 0 unspecified atom stereocenters. The van der Waals surface area contributed by atoms with Crippen LogP contribution < -0.4 is 15.8 Å². The zero-order valence-corrected chi connectivity index (χ0v) is 17.1. The van der Waals surface area contributed by atoms with Crippen LogP contribution >= 0.6 is 11.6 Å². The minimum absolute atomic E-state index is 0.162. The van der Waals surface area contributed by atoms with Crippen LogP contribution in [-0.4, -0.2) is 32.9 Å². The number of imide groups is 1. The quantitative estimate of drug-likeness (QED) is 0.608. The molecule has 154 valence electrons. The van der Waals surface area contributed by atoms with Crippen molar-refractivity contribution in [1.29, 1.82) is 0 Å². The van der Waals surface area contributed by atoms with Crippen LogP contribution in [-0.2, 0) is 19.6 Å². The summed E-state index contributed by atoms with van der Waals surface area (Å²) < 4.78 is 27.7. The van der Waals surface area contributed by atoms with Gasteiger partial charge >= 0.3 is 12.0 Å². The highest BCUT2D eigenvalue weighted by atomic mass is 35.5. The van der Waals surface area contributed by atoms with Crippen LogP contribution in [0.2, 0.25) is 5.02 Å². The second-order valence-corrected chi connectivity index (χ2v) is 8.00. The molecule has 0 heterocycles. The summed E-state index contributed by atoms with van der Waals surface area (Å²) in [7, 11) is -4.14. The van der Waals surface area contributed by atoms with E-state index in [-0.39, 0.29) is 10.6 Å². The smallest absolute Gasteiger partial charge is 0.338 e. The zero-order valence-electron chi connectivity index (χ0n) is 15.5. The average Bonchev–Trinajstić information content (AvgIpc) is 2.62. The lowest BCUT2D eigenvalue weighted by Gasteiger charge is -2.09. The highest BCUT2D eigenvalue weighted by Gasteiger charge is 2.18. The van der Waals surface area contributed by atoms with E-state index in [0.29, 0.717) is 5.69 Å². The van der Waals surface area contributed by atoms with E-state index in [9.17, 15) is 22.8 Å². The van der Waals surface area contributed by atoms with E-state index in [0.717, 1.165) is 23.3 Å². The Morgan fingerprint density at radius 3 is 2.38 bits per heavy atom. The number of carbonyl (C=O) groups excluding carboxylic acids is 3. The molecule has 0 aliphatic heterocycles. The fourth-order valence-corrected chi connectivity index (χ4v) is 3.28. The van der Waals surface area contributed by atoms with E-state index in [1.807, 2.05) is 25.2 Å². The molecule has 0 spiro atoms. The number of amides is 3. The number of nitrogens with one attached hydrogen (secondary N) is 2. The van der Waals surface area contributed by atoms with E-state index in [1.54, 1.807) is 12.1 Å². The largest absolute Gasteiger partial charge is 0.452 e. The number of aryl methyl sites for hydroxylation is 2. The van der Waals surface area contributed by atoms with E-state index >= 15 is 0 Å². The van der Waals surface area contributed by atoms with Gasteiger partial charge in [0.05, 0.1) is 10.6 Å². The van der Waals surface area contributed by atoms with Crippen LogP contribution in [0.1, 0.15) is 21.5 Å². The average molecular weight is 440 g/mol. The molecule has 2 rings (SSSR count). The third-order valence-corrected chi connectivity index (χ3v) is 5.22. The van der Waals surface area contributed by atoms with Crippen LogP contribution in [0.15, 0.2) is 41.3 Å². The summed E-state index contributed by atoms with van der Waals surface area (Å²) in [6.45, 7) is 3.04. The van der Waals surface area contributed by atoms with Gasteiger partial charge in [-0.05, 0) is 55.3 Å². The van der Waals surface area contributed by atoms with E-state index in [2.05, 4.69) is 5.32 Å². The molecule has 0 aromatic heterocycles. The number of benzene rings is 2. The van der Waals surface area contributed by atoms with Crippen molar-refractivity contribution in [3.8, 4) is 0 Å². The minimum Gasteiger partial charge on any atom is -0.452 e. The van der Waals surface area contributed by atoms with Crippen LogP contribution in [0.5, 0.6) is 0 Å². The van der Waals surface area contributed by atoms with E-state index < -0.39 is 39.4 Å². The van der Waals surface area contributed by atoms with Gasteiger partial charge < -0.3 is 10.1 Å². The van der Waals surface area contributed by atoms with Gasteiger partial charge in [-0.2, -0.15) is 0 Å². The summed E-state index contributed by atoms with van der Waals surface area (Å²) in [5.74, 6) is -1.86. The predicted octanol–water partition coefficient (Wildman–Crippen LogP) is 2.11. The van der Waals surface area contributed by atoms with Crippen molar-refractivity contribution >= 4 is 45.2 Å². The van der Waals surface area contributed by atoms with Crippen LogP contribution in [0, 0.1) is 13.8 Å². The molecule has 0 aliphatic rings. The number of sulfonamides is 1. The van der Waals surface area contributed by atoms with Crippen molar-refractivity contribution in [1.82, 2.24) is 5.32 Å². The molecule has 0 aliphatic carbocycles. The number of hydrogen-bond acceptors (Lipinski definition) is 6. The Balaban J connectivity index is 1.92. The maximum Gasteiger partial charge on any atom is 0.338 e. The third kappa shape index (κ3) is 6.28. The molecule has 9 nitrogen and oxygen atoms in total. The summed E-state index contributed by atoms with van der Waals surface area (Å²) in [4.78, 5) is 35.2. The van der Waals surface area contributed by atoms with E-state index in [4.69, 9.17) is 21.5 Å². The number of urea groups is 1. The monoisotopic (exact) mass is 439 g/mol. The van der Waals surface area contributed by atoms with Gasteiger partial charge in [-0.25, -0.2) is 23.1 Å². The fourth-order valence-electron chi connectivity index (χ4n) is 2.21. The number of nitrogens with two attached hydrogens (primary N) is 1. The molecule has 0 saturated carbocycles. The summed E-state index contributed by atoms with van der Waals surface area (Å²) in [6, 6.07) is 7.75. The van der Waals surface area contributed by atoms with Crippen molar-refractivity contribution in [3.05, 3.63) is 58.1 Å². The zero-order chi connectivity index (χ0) is 21.8. The topological polar surface area (TPSA) is 145 Å². The van der Waals surface area contributed by atoms with Gasteiger partial charge in [0.15, 0.2) is 6.61 Å².